The van der Waals surface area contributed by atoms with Gasteiger partial charge in [-0.05, 0) is 62.1 Å². The average Bonchev–Trinajstić information content (AvgIpc) is 3.45. The SMILES string of the molecule is CO[C@@]12CC[C@H](OCC3CC3)C[C@@H]1N(C(=O)c1ccc(CN)cc1)CC2.Cl. The van der Waals surface area contributed by atoms with Crippen LogP contribution in [-0.2, 0) is 16.0 Å². The summed E-state index contributed by atoms with van der Waals surface area (Å²) >= 11 is 0. The lowest BCUT2D eigenvalue weighted by molar-refractivity contribution is -0.0977. The van der Waals surface area contributed by atoms with Gasteiger partial charge in [0, 0.05) is 32.4 Å². The van der Waals surface area contributed by atoms with Gasteiger partial charge >= 0.3 is 0 Å². The quantitative estimate of drug-likeness (QED) is 0.804. The van der Waals surface area contributed by atoms with Crippen molar-refractivity contribution in [2.45, 2.75) is 62.8 Å². The maximum Gasteiger partial charge on any atom is 0.254 e. The predicted octanol–water partition coefficient (Wildman–Crippen LogP) is 3.15. The Morgan fingerprint density at radius 2 is 1.96 bits per heavy atom. The van der Waals surface area contributed by atoms with Crippen molar-refractivity contribution in [2.75, 3.05) is 20.3 Å². The molecule has 0 bridgehead atoms. The molecule has 1 saturated heterocycles. The van der Waals surface area contributed by atoms with Gasteiger partial charge in [0.2, 0.25) is 0 Å². The van der Waals surface area contributed by atoms with Crippen LogP contribution in [0, 0.1) is 5.92 Å². The molecule has 2 aliphatic carbocycles. The molecule has 2 saturated carbocycles. The Balaban J connectivity index is 0.00000210. The van der Waals surface area contributed by atoms with E-state index in [0.29, 0.717) is 6.54 Å². The van der Waals surface area contributed by atoms with Crippen molar-refractivity contribution in [3.05, 3.63) is 35.4 Å². The Morgan fingerprint density at radius 1 is 1.22 bits per heavy atom. The molecule has 150 valence electrons. The Bertz CT molecular complexity index is 649. The van der Waals surface area contributed by atoms with Crippen LogP contribution in [0.5, 0.6) is 0 Å². The first-order chi connectivity index (χ1) is 12.6. The molecule has 0 unspecified atom stereocenters. The molecule has 3 fully saturated rings. The van der Waals surface area contributed by atoms with Crippen LogP contribution in [0.2, 0.25) is 0 Å². The number of amides is 1. The van der Waals surface area contributed by atoms with Crippen LogP contribution >= 0.6 is 12.4 Å². The molecule has 1 aliphatic heterocycles. The van der Waals surface area contributed by atoms with E-state index in [1.165, 1.54) is 12.8 Å². The van der Waals surface area contributed by atoms with E-state index in [0.717, 1.165) is 55.9 Å². The number of hydrogen-bond donors (Lipinski definition) is 1. The molecule has 3 atom stereocenters. The highest BCUT2D eigenvalue weighted by molar-refractivity contribution is 5.94. The molecule has 1 heterocycles. The second kappa shape index (κ2) is 8.48. The number of benzene rings is 1. The fraction of sp³-hybridized carbons (Fsp3) is 0.667. The van der Waals surface area contributed by atoms with E-state index >= 15 is 0 Å². The molecule has 3 aliphatic rings. The van der Waals surface area contributed by atoms with Gasteiger partial charge in [-0.1, -0.05) is 12.1 Å². The number of carbonyl (C=O) groups is 1. The van der Waals surface area contributed by atoms with Gasteiger partial charge < -0.3 is 20.1 Å². The number of ether oxygens (including phenoxy) is 2. The van der Waals surface area contributed by atoms with Gasteiger partial charge in [-0.3, -0.25) is 4.79 Å². The van der Waals surface area contributed by atoms with E-state index < -0.39 is 0 Å². The zero-order valence-corrected chi connectivity index (χ0v) is 16.9. The lowest BCUT2D eigenvalue weighted by atomic mass is 9.79. The number of fused-ring (bicyclic) bond motifs is 1. The molecular formula is C21H31ClN2O3. The van der Waals surface area contributed by atoms with Gasteiger partial charge in [-0.2, -0.15) is 0 Å². The van der Waals surface area contributed by atoms with E-state index in [4.69, 9.17) is 15.2 Å². The van der Waals surface area contributed by atoms with Crippen molar-refractivity contribution in [1.29, 1.82) is 0 Å². The smallest absolute Gasteiger partial charge is 0.254 e. The number of nitrogens with two attached hydrogens (primary N) is 1. The summed E-state index contributed by atoms with van der Waals surface area (Å²) in [4.78, 5) is 15.2. The van der Waals surface area contributed by atoms with Crippen molar-refractivity contribution in [3.8, 4) is 0 Å². The summed E-state index contributed by atoms with van der Waals surface area (Å²) in [6.45, 7) is 2.13. The minimum Gasteiger partial charge on any atom is -0.378 e. The van der Waals surface area contributed by atoms with Gasteiger partial charge in [0.15, 0.2) is 0 Å². The number of halogens is 1. The second-order valence-electron chi connectivity index (χ2n) is 8.11. The third kappa shape index (κ3) is 4.16. The lowest BCUT2D eigenvalue weighted by Gasteiger charge is -2.43. The van der Waals surface area contributed by atoms with Crippen LogP contribution in [0.3, 0.4) is 0 Å². The Morgan fingerprint density at radius 3 is 2.59 bits per heavy atom. The lowest BCUT2D eigenvalue weighted by Crippen LogP contribution is -2.53. The van der Waals surface area contributed by atoms with Crippen LogP contribution in [0.1, 0.15) is 54.4 Å². The van der Waals surface area contributed by atoms with E-state index in [1.807, 2.05) is 29.2 Å². The van der Waals surface area contributed by atoms with E-state index in [-0.39, 0.29) is 36.1 Å². The third-order valence-corrected chi connectivity index (χ3v) is 6.50. The molecular weight excluding hydrogens is 364 g/mol. The van der Waals surface area contributed by atoms with Gasteiger partial charge in [0.25, 0.3) is 5.91 Å². The minimum absolute atomic E-state index is 0. The Hall–Kier alpha value is -1.14. The molecule has 1 amide bonds. The fourth-order valence-corrected chi connectivity index (χ4v) is 4.56. The summed E-state index contributed by atoms with van der Waals surface area (Å²) in [6, 6.07) is 7.76. The maximum atomic E-state index is 13.1. The van der Waals surface area contributed by atoms with Crippen molar-refractivity contribution in [3.63, 3.8) is 0 Å². The van der Waals surface area contributed by atoms with Gasteiger partial charge in [0.1, 0.15) is 0 Å². The first-order valence-corrected chi connectivity index (χ1v) is 9.92. The van der Waals surface area contributed by atoms with Crippen LogP contribution in [0.15, 0.2) is 24.3 Å². The van der Waals surface area contributed by atoms with Gasteiger partial charge in [-0.15, -0.1) is 12.4 Å². The molecule has 0 radical (unpaired) electrons. The molecule has 5 nitrogen and oxygen atoms in total. The monoisotopic (exact) mass is 394 g/mol. The van der Waals surface area contributed by atoms with Crippen LogP contribution < -0.4 is 5.73 Å². The second-order valence-corrected chi connectivity index (χ2v) is 8.11. The van der Waals surface area contributed by atoms with E-state index in [9.17, 15) is 4.79 Å². The van der Waals surface area contributed by atoms with Gasteiger partial charge in [-0.25, -0.2) is 0 Å². The average molecular weight is 395 g/mol. The standard InChI is InChI=1S/C21H30N2O3.ClH/c1-25-21-9-8-18(26-14-16-2-3-16)12-19(21)23(11-10-21)20(24)17-6-4-15(13-22)5-7-17;/h4-7,16,18-19H,2-3,8-14,22H2,1H3;1H/t18-,19-,21+;/m0./s1. The fourth-order valence-electron chi connectivity index (χ4n) is 4.56. The molecule has 2 N–H and O–H groups in total. The van der Waals surface area contributed by atoms with Crippen LogP contribution in [-0.4, -0.2) is 48.8 Å². The minimum atomic E-state index is -0.202. The number of likely N-dealkylation sites (tertiary alicyclic amines) is 1. The maximum absolute atomic E-state index is 13.1. The van der Waals surface area contributed by atoms with E-state index in [2.05, 4.69) is 0 Å². The van der Waals surface area contributed by atoms with Crippen LogP contribution in [0.4, 0.5) is 0 Å². The number of methoxy groups -OCH3 is 1. The number of hydrogen-bond acceptors (Lipinski definition) is 4. The zero-order chi connectivity index (χ0) is 18.1. The normalized spacial score (nSPS) is 29.9. The summed E-state index contributed by atoms with van der Waals surface area (Å²) in [6.07, 6.45) is 6.66. The topological polar surface area (TPSA) is 64.8 Å². The number of rotatable bonds is 6. The molecule has 27 heavy (non-hydrogen) atoms. The van der Waals surface area contributed by atoms with Gasteiger partial charge in [0.05, 0.1) is 17.7 Å². The van der Waals surface area contributed by atoms with E-state index in [1.54, 1.807) is 7.11 Å². The third-order valence-electron chi connectivity index (χ3n) is 6.50. The predicted molar refractivity (Wildman–Crippen MR) is 107 cm³/mol. The summed E-state index contributed by atoms with van der Waals surface area (Å²) < 4.78 is 12.1. The highest BCUT2D eigenvalue weighted by atomic mass is 35.5. The molecule has 4 rings (SSSR count). The summed E-state index contributed by atoms with van der Waals surface area (Å²) in [5.74, 6) is 0.867. The summed E-state index contributed by atoms with van der Waals surface area (Å²) in [5, 5.41) is 0. The van der Waals surface area contributed by atoms with Crippen molar-refractivity contribution in [2.24, 2.45) is 11.7 Å². The van der Waals surface area contributed by atoms with Crippen LogP contribution in [0.25, 0.3) is 0 Å². The largest absolute Gasteiger partial charge is 0.378 e. The number of carbonyl (C=O) groups excluding carboxylic acids is 1. The molecule has 0 aromatic heterocycles. The summed E-state index contributed by atoms with van der Waals surface area (Å²) in [7, 11) is 1.79. The Kier molecular flexibility index (Phi) is 6.46. The summed E-state index contributed by atoms with van der Waals surface area (Å²) in [5.41, 5.74) is 7.24. The molecule has 1 aromatic rings. The first-order valence-electron chi connectivity index (χ1n) is 9.92. The highest BCUT2D eigenvalue weighted by Crippen LogP contribution is 2.44. The molecule has 6 heteroatoms. The molecule has 0 spiro atoms. The zero-order valence-electron chi connectivity index (χ0n) is 16.1. The first kappa shape index (κ1) is 20.6. The van der Waals surface area contributed by atoms with Crippen molar-refractivity contribution < 1.29 is 14.3 Å². The Labute approximate surface area is 168 Å². The van der Waals surface area contributed by atoms with Crippen molar-refractivity contribution >= 4 is 18.3 Å². The highest BCUT2D eigenvalue weighted by Gasteiger charge is 2.52. The molecule has 1 aromatic carbocycles. The number of nitrogens with zero attached hydrogens (tertiary/aromatic N) is 1. The van der Waals surface area contributed by atoms with Crippen molar-refractivity contribution in [1.82, 2.24) is 4.90 Å².